The molecule has 0 radical (unpaired) electrons. The molecule has 4 heteroatoms. The summed E-state index contributed by atoms with van der Waals surface area (Å²) in [5.74, 6) is 0.189. The van der Waals surface area contributed by atoms with Crippen LogP contribution in [0.1, 0.15) is 55.5 Å². The smallest absolute Gasteiger partial charge is 0.254 e. The molecule has 1 aromatic carbocycles. The van der Waals surface area contributed by atoms with Crippen LogP contribution in [-0.4, -0.2) is 54.0 Å². The highest BCUT2D eigenvalue weighted by Crippen LogP contribution is 2.30. The lowest BCUT2D eigenvalue weighted by molar-refractivity contribution is 0.0648. The van der Waals surface area contributed by atoms with Gasteiger partial charge in [0.1, 0.15) is 0 Å². The molecule has 0 N–H and O–H groups in total. The Bertz CT molecular complexity index is 555. The molecule has 2 aliphatic rings. The van der Waals surface area contributed by atoms with Gasteiger partial charge in [0.2, 0.25) is 0 Å². The standard InChI is InChI=1S/C20H30N2O2/c1-15(2)24-14-16-8-10-17(11-9-16)20(23)22-13-5-7-19(22)18-6-4-12-21(18)3/h8-11,15,18-19H,4-7,12-14H2,1-3H3/t18-,19+/m1/s1. The summed E-state index contributed by atoms with van der Waals surface area (Å²) in [6.07, 6.45) is 4.96. The summed E-state index contributed by atoms with van der Waals surface area (Å²) in [5.41, 5.74) is 1.92. The van der Waals surface area contributed by atoms with E-state index in [9.17, 15) is 4.79 Å². The van der Waals surface area contributed by atoms with Crippen molar-refractivity contribution in [2.75, 3.05) is 20.1 Å². The fourth-order valence-electron chi connectivity index (χ4n) is 4.04. The number of carbonyl (C=O) groups is 1. The monoisotopic (exact) mass is 330 g/mol. The van der Waals surface area contributed by atoms with E-state index in [2.05, 4.69) is 16.8 Å². The maximum atomic E-state index is 13.0. The van der Waals surface area contributed by atoms with Crippen molar-refractivity contribution in [2.45, 2.75) is 64.3 Å². The first-order chi connectivity index (χ1) is 11.6. The highest BCUT2D eigenvalue weighted by atomic mass is 16.5. The van der Waals surface area contributed by atoms with Gasteiger partial charge in [-0.1, -0.05) is 12.1 Å². The summed E-state index contributed by atoms with van der Waals surface area (Å²) in [7, 11) is 2.20. The van der Waals surface area contributed by atoms with Crippen molar-refractivity contribution in [1.82, 2.24) is 9.80 Å². The van der Waals surface area contributed by atoms with Crippen LogP contribution in [0.4, 0.5) is 0 Å². The van der Waals surface area contributed by atoms with Gasteiger partial charge in [-0.2, -0.15) is 0 Å². The van der Waals surface area contributed by atoms with Crippen molar-refractivity contribution in [3.05, 3.63) is 35.4 Å². The van der Waals surface area contributed by atoms with E-state index in [0.717, 1.165) is 37.1 Å². The third-order valence-electron chi connectivity index (χ3n) is 5.37. The Hall–Kier alpha value is -1.39. The summed E-state index contributed by atoms with van der Waals surface area (Å²) < 4.78 is 5.62. The predicted octanol–water partition coefficient (Wildman–Crippen LogP) is 3.31. The van der Waals surface area contributed by atoms with E-state index in [1.807, 2.05) is 38.1 Å². The second-order valence-corrected chi connectivity index (χ2v) is 7.45. The van der Waals surface area contributed by atoms with Crippen LogP contribution in [-0.2, 0) is 11.3 Å². The molecule has 4 nitrogen and oxygen atoms in total. The number of amides is 1. The molecule has 0 bridgehead atoms. The van der Waals surface area contributed by atoms with Crippen molar-refractivity contribution >= 4 is 5.91 Å². The minimum atomic E-state index is 0.189. The molecule has 2 fully saturated rings. The van der Waals surface area contributed by atoms with Crippen molar-refractivity contribution in [3.8, 4) is 0 Å². The molecule has 3 rings (SSSR count). The molecular formula is C20H30N2O2. The molecule has 2 heterocycles. The van der Waals surface area contributed by atoms with Crippen LogP contribution in [0.25, 0.3) is 0 Å². The fraction of sp³-hybridized carbons (Fsp3) is 0.650. The first kappa shape index (κ1) is 17.4. The van der Waals surface area contributed by atoms with E-state index in [-0.39, 0.29) is 12.0 Å². The zero-order valence-electron chi connectivity index (χ0n) is 15.2. The quantitative estimate of drug-likeness (QED) is 0.830. The lowest BCUT2D eigenvalue weighted by Gasteiger charge is -2.33. The molecule has 24 heavy (non-hydrogen) atoms. The second-order valence-electron chi connectivity index (χ2n) is 7.45. The largest absolute Gasteiger partial charge is 0.374 e. The second kappa shape index (κ2) is 7.66. The van der Waals surface area contributed by atoms with Gasteiger partial charge in [0, 0.05) is 24.2 Å². The number of likely N-dealkylation sites (N-methyl/N-ethyl adjacent to an activating group) is 1. The molecule has 1 aromatic rings. The Kier molecular flexibility index (Phi) is 5.57. The van der Waals surface area contributed by atoms with Gasteiger partial charge < -0.3 is 14.5 Å². The van der Waals surface area contributed by atoms with Gasteiger partial charge >= 0.3 is 0 Å². The molecule has 132 valence electrons. The Morgan fingerprint density at radius 2 is 1.79 bits per heavy atom. The lowest BCUT2D eigenvalue weighted by Crippen LogP contribution is -2.47. The van der Waals surface area contributed by atoms with Gasteiger partial charge in [0.15, 0.2) is 0 Å². The normalized spacial score (nSPS) is 24.9. The van der Waals surface area contributed by atoms with Crippen molar-refractivity contribution < 1.29 is 9.53 Å². The summed E-state index contributed by atoms with van der Waals surface area (Å²) in [4.78, 5) is 17.5. The number of likely N-dealkylation sites (tertiary alicyclic amines) is 2. The maximum Gasteiger partial charge on any atom is 0.254 e. The van der Waals surface area contributed by atoms with Gasteiger partial charge in [-0.15, -0.1) is 0 Å². The zero-order chi connectivity index (χ0) is 17.1. The number of hydrogen-bond acceptors (Lipinski definition) is 3. The molecule has 2 aliphatic heterocycles. The van der Waals surface area contributed by atoms with E-state index in [0.29, 0.717) is 18.7 Å². The van der Waals surface area contributed by atoms with Crippen molar-refractivity contribution in [1.29, 1.82) is 0 Å². The SMILES string of the molecule is CC(C)OCc1ccc(C(=O)N2CCC[C@H]2[C@H]2CCCN2C)cc1. The topological polar surface area (TPSA) is 32.8 Å². The third kappa shape index (κ3) is 3.81. The van der Waals surface area contributed by atoms with E-state index in [1.165, 1.54) is 12.8 Å². The maximum absolute atomic E-state index is 13.0. The molecule has 2 atom stereocenters. The van der Waals surface area contributed by atoms with Crippen molar-refractivity contribution in [3.63, 3.8) is 0 Å². The average molecular weight is 330 g/mol. The van der Waals surface area contributed by atoms with E-state index < -0.39 is 0 Å². The molecule has 2 saturated heterocycles. The van der Waals surface area contributed by atoms with Gasteiger partial charge in [0.05, 0.1) is 12.7 Å². The highest BCUT2D eigenvalue weighted by Gasteiger charge is 2.38. The van der Waals surface area contributed by atoms with Crippen LogP contribution in [0.5, 0.6) is 0 Å². The number of hydrogen-bond donors (Lipinski definition) is 0. The number of nitrogens with zero attached hydrogens (tertiary/aromatic N) is 2. The molecule has 0 spiro atoms. The Morgan fingerprint density at radius 3 is 2.42 bits per heavy atom. The Balaban J connectivity index is 1.66. The third-order valence-corrected chi connectivity index (χ3v) is 5.37. The minimum Gasteiger partial charge on any atom is -0.374 e. The van der Waals surface area contributed by atoms with Crippen LogP contribution in [0.15, 0.2) is 24.3 Å². The summed E-state index contributed by atoms with van der Waals surface area (Å²) in [6, 6.07) is 8.86. The van der Waals surface area contributed by atoms with Crippen LogP contribution in [0.3, 0.4) is 0 Å². The van der Waals surface area contributed by atoms with E-state index in [4.69, 9.17) is 4.74 Å². The van der Waals surface area contributed by atoms with E-state index >= 15 is 0 Å². The number of carbonyl (C=O) groups excluding carboxylic acids is 1. The van der Waals surface area contributed by atoms with Gasteiger partial charge in [-0.25, -0.2) is 0 Å². The van der Waals surface area contributed by atoms with Crippen LogP contribution < -0.4 is 0 Å². The first-order valence-corrected chi connectivity index (χ1v) is 9.28. The predicted molar refractivity (Wildman–Crippen MR) is 96.1 cm³/mol. The average Bonchev–Trinajstić information content (AvgIpc) is 3.21. The van der Waals surface area contributed by atoms with Gasteiger partial charge in [0.25, 0.3) is 5.91 Å². The molecular weight excluding hydrogens is 300 g/mol. The van der Waals surface area contributed by atoms with Gasteiger partial charge in [-0.3, -0.25) is 4.79 Å². The first-order valence-electron chi connectivity index (χ1n) is 9.28. The molecule has 0 aromatic heterocycles. The van der Waals surface area contributed by atoms with Gasteiger partial charge in [-0.05, 0) is 70.8 Å². The Morgan fingerprint density at radius 1 is 1.12 bits per heavy atom. The van der Waals surface area contributed by atoms with Crippen molar-refractivity contribution in [2.24, 2.45) is 0 Å². The van der Waals surface area contributed by atoms with Crippen LogP contribution >= 0.6 is 0 Å². The zero-order valence-corrected chi connectivity index (χ0v) is 15.2. The van der Waals surface area contributed by atoms with Crippen LogP contribution in [0.2, 0.25) is 0 Å². The highest BCUT2D eigenvalue weighted by molar-refractivity contribution is 5.94. The Labute approximate surface area is 145 Å². The summed E-state index contributed by atoms with van der Waals surface area (Å²) in [5, 5.41) is 0. The number of benzene rings is 1. The molecule has 0 saturated carbocycles. The van der Waals surface area contributed by atoms with Crippen LogP contribution in [0, 0.1) is 0 Å². The molecule has 0 aliphatic carbocycles. The molecule has 1 amide bonds. The summed E-state index contributed by atoms with van der Waals surface area (Å²) in [6.45, 7) is 6.72. The number of ether oxygens (including phenoxy) is 1. The lowest BCUT2D eigenvalue weighted by atomic mass is 10.0. The molecule has 0 unspecified atom stereocenters. The van der Waals surface area contributed by atoms with E-state index in [1.54, 1.807) is 0 Å². The summed E-state index contributed by atoms with van der Waals surface area (Å²) >= 11 is 0. The number of rotatable bonds is 5. The fourth-order valence-corrected chi connectivity index (χ4v) is 4.04. The minimum absolute atomic E-state index is 0.189.